The van der Waals surface area contributed by atoms with Crippen LogP contribution in [0, 0.1) is 0 Å². The van der Waals surface area contributed by atoms with Crippen LogP contribution in [0.3, 0.4) is 0 Å². The molecule has 7 heteroatoms. The molecular weight excluding hydrogens is 520 g/mol. The van der Waals surface area contributed by atoms with Crippen LogP contribution in [-0.4, -0.2) is 24.2 Å². The average molecular weight is 543 g/mol. The number of amides is 1. The van der Waals surface area contributed by atoms with Crippen molar-refractivity contribution in [2.75, 3.05) is 0 Å². The summed E-state index contributed by atoms with van der Waals surface area (Å²) in [4.78, 5) is 24.6. The molecule has 0 fully saturated rings. The van der Waals surface area contributed by atoms with Crippen molar-refractivity contribution in [3.8, 4) is 22.6 Å². The van der Waals surface area contributed by atoms with Crippen molar-refractivity contribution in [2.24, 2.45) is 5.10 Å². The number of halogens is 1. The zero-order chi connectivity index (χ0) is 25.3. The maximum Gasteiger partial charge on any atom is 0.343 e. The Morgan fingerprint density at radius 3 is 2.08 bits per heavy atom. The van der Waals surface area contributed by atoms with Crippen molar-refractivity contribution >= 4 is 34.0 Å². The fourth-order valence-corrected chi connectivity index (χ4v) is 3.51. The standard InChI is InChI=1S/C29H23BrN2O4/c1-20(35-26-17-11-23(12-18-26)22-5-3-2-4-6-22)28(33)32-31-19-21-7-15-27(16-8-21)36-29(34)24-9-13-25(30)14-10-24/h2-20H,1H3,(H,32,33)/b31-19+. The lowest BCUT2D eigenvalue weighted by atomic mass is 10.1. The van der Waals surface area contributed by atoms with Crippen LogP contribution < -0.4 is 14.9 Å². The molecule has 1 N–H and O–H groups in total. The van der Waals surface area contributed by atoms with E-state index in [2.05, 4.69) is 26.5 Å². The highest BCUT2D eigenvalue weighted by molar-refractivity contribution is 9.10. The fraction of sp³-hybridized carbons (Fsp3) is 0.0690. The van der Waals surface area contributed by atoms with E-state index in [-0.39, 0.29) is 5.91 Å². The number of carbonyl (C=O) groups excluding carboxylic acids is 2. The van der Waals surface area contributed by atoms with Crippen molar-refractivity contribution in [2.45, 2.75) is 13.0 Å². The Morgan fingerprint density at radius 2 is 1.42 bits per heavy atom. The Labute approximate surface area is 217 Å². The molecule has 36 heavy (non-hydrogen) atoms. The number of hydrogen-bond donors (Lipinski definition) is 1. The van der Waals surface area contributed by atoms with Crippen LogP contribution in [0.2, 0.25) is 0 Å². The van der Waals surface area contributed by atoms with E-state index < -0.39 is 12.1 Å². The number of hydrogen-bond acceptors (Lipinski definition) is 5. The van der Waals surface area contributed by atoms with Gasteiger partial charge in [-0.1, -0.05) is 58.4 Å². The zero-order valence-corrected chi connectivity index (χ0v) is 21.0. The van der Waals surface area contributed by atoms with Gasteiger partial charge in [0.15, 0.2) is 6.10 Å². The summed E-state index contributed by atoms with van der Waals surface area (Å²) in [6.07, 6.45) is 0.768. The van der Waals surface area contributed by atoms with Crippen LogP contribution in [0.25, 0.3) is 11.1 Å². The van der Waals surface area contributed by atoms with Gasteiger partial charge in [0.2, 0.25) is 0 Å². The first kappa shape index (κ1) is 24.9. The van der Waals surface area contributed by atoms with E-state index in [0.717, 1.165) is 21.2 Å². The van der Waals surface area contributed by atoms with Gasteiger partial charge in [0.05, 0.1) is 11.8 Å². The van der Waals surface area contributed by atoms with Gasteiger partial charge < -0.3 is 9.47 Å². The number of carbonyl (C=O) groups is 2. The molecule has 0 radical (unpaired) electrons. The minimum atomic E-state index is -0.731. The molecule has 4 aromatic carbocycles. The van der Waals surface area contributed by atoms with Gasteiger partial charge >= 0.3 is 5.97 Å². The molecule has 0 aliphatic heterocycles. The Hall–Kier alpha value is -4.23. The monoisotopic (exact) mass is 542 g/mol. The van der Waals surface area contributed by atoms with E-state index in [9.17, 15) is 9.59 Å². The summed E-state index contributed by atoms with van der Waals surface area (Å²) >= 11 is 3.33. The molecule has 0 aromatic heterocycles. The first-order valence-electron chi connectivity index (χ1n) is 11.2. The zero-order valence-electron chi connectivity index (χ0n) is 19.4. The minimum absolute atomic E-state index is 0.376. The average Bonchev–Trinajstić information content (AvgIpc) is 2.91. The van der Waals surface area contributed by atoms with Crippen LogP contribution >= 0.6 is 15.9 Å². The largest absolute Gasteiger partial charge is 0.481 e. The Kier molecular flexibility index (Phi) is 8.26. The molecular formula is C29H23BrN2O4. The van der Waals surface area contributed by atoms with Gasteiger partial charge in [0, 0.05) is 4.47 Å². The molecule has 1 atom stereocenters. The van der Waals surface area contributed by atoms with Gasteiger partial charge in [0.25, 0.3) is 5.91 Å². The highest BCUT2D eigenvalue weighted by atomic mass is 79.9. The van der Waals surface area contributed by atoms with Gasteiger partial charge in [-0.25, -0.2) is 10.2 Å². The lowest BCUT2D eigenvalue weighted by Gasteiger charge is -2.13. The predicted molar refractivity (Wildman–Crippen MR) is 143 cm³/mol. The molecule has 0 aliphatic carbocycles. The Morgan fingerprint density at radius 1 is 0.806 bits per heavy atom. The molecule has 0 aliphatic rings. The van der Waals surface area contributed by atoms with Crippen LogP contribution in [0.5, 0.6) is 11.5 Å². The lowest BCUT2D eigenvalue weighted by Crippen LogP contribution is -2.33. The van der Waals surface area contributed by atoms with Crippen LogP contribution in [0.15, 0.2) is 113 Å². The van der Waals surface area contributed by atoms with Crippen LogP contribution in [-0.2, 0) is 4.79 Å². The van der Waals surface area contributed by atoms with E-state index in [0.29, 0.717) is 17.1 Å². The second kappa shape index (κ2) is 12.0. The van der Waals surface area contributed by atoms with E-state index in [1.54, 1.807) is 55.5 Å². The third kappa shape index (κ3) is 6.90. The lowest BCUT2D eigenvalue weighted by molar-refractivity contribution is -0.127. The normalized spacial score (nSPS) is 11.6. The van der Waals surface area contributed by atoms with Gasteiger partial charge in [-0.15, -0.1) is 0 Å². The molecule has 0 bridgehead atoms. The number of rotatable bonds is 8. The molecule has 4 rings (SSSR count). The number of esters is 1. The van der Waals surface area contributed by atoms with Crippen molar-refractivity contribution in [1.29, 1.82) is 0 Å². The quantitative estimate of drug-likeness (QED) is 0.123. The number of ether oxygens (including phenoxy) is 2. The molecule has 1 amide bonds. The highest BCUT2D eigenvalue weighted by Crippen LogP contribution is 2.22. The molecule has 0 spiro atoms. The van der Waals surface area contributed by atoms with Crippen molar-refractivity contribution in [3.63, 3.8) is 0 Å². The fourth-order valence-electron chi connectivity index (χ4n) is 3.25. The summed E-state index contributed by atoms with van der Waals surface area (Å²) in [6, 6.07) is 31.3. The van der Waals surface area contributed by atoms with Gasteiger partial charge in [-0.3, -0.25) is 4.79 Å². The molecule has 0 heterocycles. The first-order chi connectivity index (χ1) is 17.5. The summed E-state index contributed by atoms with van der Waals surface area (Å²) in [5, 5.41) is 3.99. The Bertz CT molecular complexity index is 1340. The second-order valence-electron chi connectivity index (χ2n) is 7.85. The molecule has 4 aromatic rings. The molecule has 180 valence electrons. The van der Waals surface area contributed by atoms with E-state index in [1.807, 2.05) is 54.6 Å². The van der Waals surface area contributed by atoms with Gasteiger partial charge in [-0.05, 0) is 84.3 Å². The van der Waals surface area contributed by atoms with E-state index >= 15 is 0 Å². The molecule has 0 saturated carbocycles. The summed E-state index contributed by atoms with van der Waals surface area (Å²) in [5.41, 5.74) is 5.84. The maximum absolute atomic E-state index is 12.3. The highest BCUT2D eigenvalue weighted by Gasteiger charge is 2.14. The first-order valence-corrected chi connectivity index (χ1v) is 12.0. The Balaban J connectivity index is 1.25. The summed E-state index contributed by atoms with van der Waals surface area (Å²) in [6.45, 7) is 1.66. The number of hydrazone groups is 1. The van der Waals surface area contributed by atoms with Gasteiger partial charge in [-0.2, -0.15) is 5.10 Å². The number of nitrogens with one attached hydrogen (secondary N) is 1. The number of nitrogens with zero attached hydrogens (tertiary/aromatic N) is 1. The predicted octanol–water partition coefficient (Wildman–Crippen LogP) is 6.25. The van der Waals surface area contributed by atoms with Crippen LogP contribution in [0.1, 0.15) is 22.8 Å². The molecule has 0 saturated heterocycles. The topological polar surface area (TPSA) is 77.0 Å². The molecule has 1 unspecified atom stereocenters. The second-order valence-corrected chi connectivity index (χ2v) is 8.77. The smallest absolute Gasteiger partial charge is 0.343 e. The summed E-state index contributed by atoms with van der Waals surface area (Å²) < 4.78 is 12.0. The third-order valence-electron chi connectivity index (χ3n) is 5.20. The van der Waals surface area contributed by atoms with E-state index in [1.165, 1.54) is 6.21 Å². The number of benzene rings is 4. The van der Waals surface area contributed by atoms with Gasteiger partial charge in [0.1, 0.15) is 11.5 Å². The maximum atomic E-state index is 12.3. The SMILES string of the molecule is CC(Oc1ccc(-c2ccccc2)cc1)C(=O)N/N=C/c1ccc(OC(=O)c2ccc(Br)cc2)cc1. The van der Waals surface area contributed by atoms with Crippen molar-refractivity contribution in [3.05, 3.63) is 119 Å². The third-order valence-corrected chi connectivity index (χ3v) is 5.73. The minimum Gasteiger partial charge on any atom is -0.481 e. The van der Waals surface area contributed by atoms with Crippen molar-refractivity contribution < 1.29 is 19.1 Å². The summed E-state index contributed by atoms with van der Waals surface area (Å²) in [5.74, 6) is 0.178. The molecule has 6 nitrogen and oxygen atoms in total. The van der Waals surface area contributed by atoms with E-state index in [4.69, 9.17) is 9.47 Å². The van der Waals surface area contributed by atoms with Crippen LogP contribution in [0.4, 0.5) is 0 Å². The van der Waals surface area contributed by atoms with Crippen molar-refractivity contribution in [1.82, 2.24) is 5.43 Å². The summed E-state index contributed by atoms with van der Waals surface area (Å²) in [7, 11) is 0.